The van der Waals surface area contributed by atoms with Crippen molar-refractivity contribution in [2.24, 2.45) is 5.92 Å². The van der Waals surface area contributed by atoms with Gasteiger partial charge >= 0.3 is 0 Å². The minimum absolute atomic E-state index is 0.0556. The molecule has 0 rings (SSSR count). The second kappa shape index (κ2) is 31.3. The maximum absolute atomic E-state index is 13.2. The molecule has 0 aromatic heterocycles. The first-order valence-corrected chi connectivity index (χ1v) is 20.4. The fourth-order valence-electron chi connectivity index (χ4n) is 6.22. The zero-order valence-corrected chi connectivity index (χ0v) is 31.4. The van der Waals surface area contributed by atoms with Crippen molar-refractivity contribution in [1.29, 1.82) is 0 Å². The second-order valence-corrected chi connectivity index (χ2v) is 16.1. The van der Waals surface area contributed by atoms with E-state index >= 15 is 0 Å². The molecule has 0 bridgehead atoms. The molecule has 0 aromatic carbocycles. The Hall–Kier alpha value is -0.280. The minimum Gasteiger partial charge on any atom is -0.827 e. The summed E-state index contributed by atoms with van der Waals surface area (Å²) in [6, 6.07) is 0. The van der Waals surface area contributed by atoms with Gasteiger partial charge in [0.15, 0.2) is 0 Å². The van der Waals surface area contributed by atoms with Crippen molar-refractivity contribution < 1.29 is 19.5 Å². The second-order valence-electron chi connectivity index (χ2n) is 14.8. The highest BCUT2D eigenvalue weighted by molar-refractivity contribution is 7.40. The van der Waals surface area contributed by atoms with Gasteiger partial charge in [-0.05, 0) is 12.8 Å². The zero-order chi connectivity index (χ0) is 32.7. The Kier molecular flexibility index (Phi) is 31.1. The van der Waals surface area contributed by atoms with Crippen molar-refractivity contribution in [2.45, 2.75) is 206 Å². The largest absolute Gasteiger partial charge is 0.827 e. The average molecular weight is 640 g/mol. The number of carbonyl (C=O) groups is 1. The maximum atomic E-state index is 13.2. The van der Waals surface area contributed by atoms with Crippen LogP contribution in [0.5, 0.6) is 0 Å². The first kappa shape index (κ1) is 43.7. The number of ketones is 1. The summed E-state index contributed by atoms with van der Waals surface area (Å²) in [5.74, 6) is -1.10. The van der Waals surface area contributed by atoms with E-state index in [2.05, 4.69) is 13.8 Å². The van der Waals surface area contributed by atoms with E-state index in [1.54, 1.807) is 0 Å². The summed E-state index contributed by atoms with van der Waals surface area (Å²) in [5, 5.41) is 23.7. The summed E-state index contributed by atoms with van der Waals surface area (Å²) < 4.78 is 0.609. The SMILES string of the molecule is CCCCCCCCCCCCCCCCCC(=O)C(CCCCCCCCCCCCCC)C([O-])=PC(O)C[N+](C)(C)C. The van der Waals surface area contributed by atoms with Gasteiger partial charge in [-0.25, -0.2) is 0 Å². The van der Waals surface area contributed by atoms with E-state index in [1.807, 2.05) is 21.1 Å². The summed E-state index contributed by atoms with van der Waals surface area (Å²) in [6.45, 7) is 5.07. The van der Waals surface area contributed by atoms with Gasteiger partial charge in [-0.15, -0.1) is 5.48 Å². The van der Waals surface area contributed by atoms with Crippen LogP contribution in [0.15, 0.2) is 0 Å². The number of Topliss-reactive ketones (excluding diaryl/α,β-unsaturated/α-hetero) is 1. The molecule has 0 amide bonds. The van der Waals surface area contributed by atoms with E-state index in [0.29, 0.717) is 32.1 Å². The van der Waals surface area contributed by atoms with Gasteiger partial charge < -0.3 is 14.7 Å². The van der Waals surface area contributed by atoms with E-state index in [9.17, 15) is 15.0 Å². The third kappa shape index (κ3) is 30.4. The standard InChI is InChI=1S/C39H78NO3P/c1-6-8-10-12-14-16-18-20-21-22-24-26-28-30-32-34-37(41)36(39(43)44-38(42)35-40(3,4)5)33-31-29-27-25-23-19-17-15-13-11-9-7-2/h36,38,42H,6-35H2,1-5H3. The molecule has 0 spiro atoms. The van der Waals surface area contributed by atoms with Gasteiger partial charge in [0.25, 0.3) is 0 Å². The van der Waals surface area contributed by atoms with Gasteiger partial charge in [-0.3, -0.25) is 4.79 Å². The van der Waals surface area contributed by atoms with Crippen LogP contribution >= 0.6 is 8.20 Å². The number of quaternary nitrogens is 1. The van der Waals surface area contributed by atoms with E-state index in [-0.39, 0.29) is 11.3 Å². The number of likely N-dealkylation sites (N-methyl/N-ethyl adjacent to an activating group) is 1. The number of carbonyl (C=O) groups excluding carboxylic acids is 1. The van der Waals surface area contributed by atoms with E-state index in [1.165, 1.54) is 148 Å². The molecule has 0 aliphatic rings. The van der Waals surface area contributed by atoms with Gasteiger partial charge in [0.1, 0.15) is 18.2 Å². The molecule has 2 unspecified atom stereocenters. The number of unbranched alkanes of at least 4 members (excludes halogenated alkanes) is 25. The number of hydrogen-bond acceptors (Lipinski definition) is 3. The van der Waals surface area contributed by atoms with Gasteiger partial charge in [0.05, 0.1) is 21.1 Å². The quantitative estimate of drug-likeness (QED) is 0.0433. The Bertz CT molecular complexity index is 660. The summed E-state index contributed by atoms with van der Waals surface area (Å²) in [6.07, 6.45) is 36.2. The predicted octanol–water partition coefficient (Wildman–Crippen LogP) is 11.0. The van der Waals surface area contributed by atoms with Crippen molar-refractivity contribution in [3.05, 3.63) is 0 Å². The molecule has 44 heavy (non-hydrogen) atoms. The summed E-state index contributed by atoms with van der Waals surface area (Å²) in [5.41, 5.74) is -0.0556. The van der Waals surface area contributed by atoms with E-state index < -0.39 is 11.8 Å². The lowest BCUT2D eigenvalue weighted by molar-refractivity contribution is -0.871. The Morgan fingerprint density at radius 2 is 0.886 bits per heavy atom. The molecule has 0 heterocycles. The lowest BCUT2D eigenvalue weighted by Crippen LogP contribution is -2.40. The number of aliphatic hydroxyl groups excluding tert-OH is 1. The summed E-state index contributed by atoms with van der Waals surface area (Å²) >= 11 is 0. The van der Waals surface area contributed by atoms with Crippen LogP contribution in [-0.4, -0.2) is 54.4 Å². The van der Waals surface area contributed by atoms with Crippen molar-refractivity contribution in [1.82, 2.24) is 0 Å². The highest BCUT2D eigenvalue weighted by atomic mass is 31.1. The molecule has 0 saturated heterocycles. The molecule has 0 radical (unpaired) electrons. The van der Waals surface area contributed by atoms with Crippen LogP contribution in [0.3, 0.4) is 0 Å². The zero-order valence-electron chi connectivity index (χ0n) is 30.5. The highest BCUT2D eigenvalue weighted by Crippen LogP contribution is 2.22. The lowest BCUT2D eigenvalue weighted by atomic mass is 9.93. The third-order valence-electron chi connectivity index (χ3n) is 9.05. The smallest absolute Gasteiger partial charge is 0.142 e. The van der Waals surface area contributed by atoms with Crippen molar-refractivity contribution >= 4 is 19.5 Å². The molecule has 0 saturated carbocycles. The molecule has 4 nitrogen and oxygen atoms in total. The molecule has 5 heteroatoms. The van der Waals surface area contributed by atoms with Crippen LogP contribution < -0.4 is 5.11 Å². The Labute approximate surface area is 277 Å². The fraction of sp³-hybridized carbons (Fsp3) is 0.949. The van der Waals surface area contributed by atoms with E-state index in [4.69, 9.17) is 0 Å². The van der Waals surface area contributed by atoms with Gasteiger partial charge in [0, 0.05) is 12.3 Å². The molecular formula is C39H78NO3P. The van der Waals surface area contributed by atoms with Gasteiger partial charge in [0.2, 0.25) is 0 Å². The van der Waals surface area contributed by atoms with Crippen molar-refractivity contribution in [3.63, 3.8) is 0 Å². The monoisotopic (exact) mass is 640 g/mol. The van der Waals surface area contributed by atoms with E-state index in [0.717, 1.165) is 25.7 Å². The molecule has 0 aromatic rings. The fourth-order valence-corrected chi connectivity index (χ4v) is 7.54. The number of nitrogens with zero attached hydrogens (tertiary/aromatic N) is 1. The molecule has 262 valence electrons. The van der Waals surface area contributed by atoms with Crippen LogP contribution in [0.1, 0.15) is 200 Å². The number of aliphatic hydroxyl groups is 1. The highest BCUT2D eigenvalue weighted by Gasteiger charge is 2.19. The molecule has 0 aliphatic heterocycles. The first-order valence-electron chi connectivity index (χ1n) is 19.5. The summed E-state index contributed by atoms with van der Waals surface area (Å²) in [4.78, 5) is 13.2. The molecule has 0 fully saturated rings. The van der Waals surface area contributed by atoms with Crippen LogP contribution in [-0.2, 0) is 4.79 Å². The molecular weight excluding hydrogens is 561 g/mol. The van der Waals surface area contributed by atoms with Crippen LogP contribution in [0.25, 0.3) is 0 Å². The van der Waals surface area contributed by atoms with Crippen LogP contribution in [0.4, 0.5) is 0 Å². The van der Waals surface area contributed by atoms with Crippen LogP contribution in [0.2, 0.25) is 0 Å². The third-order valence-corrected chi connectivity index (χ3v) is 10.1. The van der Waals surface area contributed by atoms with Crippen molar-refractivity contribution in [2.75, 3.05) is 27.7 Å². The topological polar surface area (TPSA) is 60.4 Å². The van der Waals surface area contributed by atoms with Gasteiger partial charge in [-0.1, -0.05) is 189 Å². The Morgan fingerprint density at radius 3 is 1.23 bits per heavy atom. The Balaban J connectivity index is 4.27. The first-order chi connectivity index (χ1) is 21.2. The molecule has 0 aliphatic carbocycles. The van der Waals surface area contributed by atoms with Gasteiger partial charge in [-0.2, -0.15) is 0 Å². The Morgan fingerprint density at radius 1 is 0.568 bits per heavy atom. The molecule has 1 N–H and O–H groups in total. The molecule has 2 atom stereocenters. The number of rotatable bonds is 34. The average Bonchev–Trinajstić information content (AvgIpc) is 2.96. The van der Waals surface area contributed by atoms with Crippen LogP contribution in [0, 0.1) is 5.92 Å². The summed E-state index contributed by atoms with van der Waals surface area (Å²) in [7, 11) is 6.47. The minimum atomic E-state index is -0.703. The lowest BCUT2D eigenvalue weighted by Gasteiger charge is -2.28. The number of hydrogen-bond donors (Lipinski definition) is 1. The predicted molar refractivity (Wildman–Crippen MR) is 195 cm³/mol. The maximum Gasteiger partial charge on any atom is 0.142 e. The van der Waals surface area contributed by atoms with Crippen molar-refractivity contribution in [3.8, 4) is 0 Å². The normalized spacial score (nSPS) is 13.8.